The SMILES string of the molecule is CCN(CC)C(=O)C1=C(C)N=c2s/c(=C/c3cccc(OC)c3O)c(=O)n2[C@@H]1c1cc(OC)ccc1OC. The number of rotatable bonds is 8. The number of methoxy groups -OCH3 is 3. The molecule has 1 aliphatic rings. The Labute approximate surface area is 224 Å². The molecule has 1 aromatic heterocycles. The monoisotopic (exact) mass is 537 g/mol. The lowest BCUT2D eigenvalue weighted by Crippen LogP contribution is -2.43. The van der Waals surface area contributed by atoms with Crippen LogP contribution >= 0.6 is 11.3 Å². The van der Waals surface area contributed by atoms with Crippen molar-refractivity contribution in [3.63, 3.8) is 0 Å². The van der Waals surface area contributed by atoms with E-state index in [0.717, 1.165) is 0 Å². The average Bonchev–Trinajstić information content (AvgIpc) is 3.23. The summed E-state index contributed by atoms with van der Waals surface area (Å²) in [6.07, 6.45) is 1.60. The molecule has 2 aromatic carbocycles. The van der Waals surface area contributed by atoms with Gasteiger partial charge >= 0.3 is 0 Å². The van der Waals surface area contributed by atoms with Crippen LogP contribution in [0, 0.1) is 0 Å². The second-order valence-electron chi connectivity index (χ2n) is 8.57. The topological polar surface area (TPSA) is 103 Å². The molecule has 9 nitrogen and oxygen atoms in total. The molecule has 2 heterocycles. The molecule has 0 fully saturated rings. The van der Waals surface area contributed by atoms with Gasteiger partial charge in [-0.3, -0.25) is 14.2 Å². The van der Waals surface area contributed by atoms with Gasteiger partial charge in [0, 0.05) is 24.2 Å². The number of phenols is 1. The maximum absolute atomic E-state index is 14.0. The van der Waals surface area contributed by atoms with Gasteiger partial charge < -0.3 is 24.2 Å². The van der Waals surface area contributed by atoms with Crippen molar-refractivity contribution in [2.45, 2.75) is 26.8 Å². The van der Waals surface area contributed by atoms with E-state index in [1.54, 1.807) is 68.5 Å². The summed E-state index contributed by atoms with van der Waals surface area (Å²) in [4.78, 5) is 34.6. The summed E-state index contributed by atoms with van der Waals surface area (Å²) in [5.74, 6) is 1.10. The van der Waals surface area contributed by atoms with Crippen molar-refractivity contribution in [2.24, 2.45) is 4.99 Å². The highest BCUT2D eigenvalue weighted by Crippen LogP contribution is 2.38. The summed E-state index contributed by atoms with van der Waals surface area (Å²) in [5, 5.41) is 10.6. The van der Waals surface area contributed by atoms with E-state index >= 15 is 0 Å². The highest BCUT2D eigenvalue weighted by Gasteiger charge is 2.36. The van der Waals surface area contributed by atoms with Crippen molar-refractivity contribution in [3.05, 3.63) is 78.5 Å². The normalized spacial score (nSPS) is 15.1. The molecule has 3 aromatic rings. The Hall–Kier alpha value is -4.05. The van der Waals surface area contributed by atoms with Crippen molar-refractivity contribution in [2.75, 3.05) is 34.4 Å². The Bertz CT molecular complexity index is 1580. The number of phenolic OH excluding ortho intramolecular Hbond substituents is 1. The fourth-order valence-electron chi connectivity index (χ4n) is 4.59. The Kier molecular flexibility index (Phi) is 7.91. The summed E-state index contributed by atoms with van der Waals surface area (Å²) in [7, 11) is 4.56. The minimum Gasteiger partial charge on any atom is -0.504 e. The number of carbonyl (C=O) groups is 1. The van der Waals surface area contributed by atoms with Gasteiger partial charge in [0.05, 0.1) is 37.1 Å². The van der Waals surface area contributed by atoms with Crippen LogP contribution in [0.15, 0.2) is 57.5 Å². The van der Waals surface area contributed by atoms with Gasteiger partial charge in [-0.2, -0.15) is 0 Å². The van der Waals surface area contributed by atoms with Crippen molar-refractivity contribution < 1.29 is 24.1 Å². The van der Waals surface area contributed by atoms with Crippen LogP contribution in [-0.2, 0) is 4.79 Å². The number of carbonyl (C=O) groups excluding carboxylic acids is 1. The van der Waals surface area contributed by atoms with Gasteiger partial charge in [0.25, 0.3) is 11.5 Å². The fourth-order valence-corrected chi connectivity index (χ4v) is 5.62. The van der Waals surface area contributed by atoms with Gasteiger partial charge in [-0.05, 0) is 51.1 Å². The van der Waals surface area contributed by atoms with E-state index in [9.17, 15) is 14.7 Å². The van der Waals surface area contributed by atoms with E-state index in [4.69, 9.17) is 14.2 Å². The lowest BCUT2D eigenvalue weighted by Gasteiger charge is -2.30. The number of likely N-dealkylation sites (N-methyl/N-ethyl adjacent to an activating group) is 1. The van der Waals surface area contributed by atoms with E-state index in [-0.39, 0.29) is 17.2 Å². The van der Waals surface area contributed by atoms with Crippen molar-refractivity contribution in [1.82, 2.24) is 9.47 Å². The summed E-state index contributed by atoms with van der Waals surface area (Å²) in [5.41, 5.74) is 1.61. The highest BCUT2D eigenvalue weighted by molar-refractivity contribution is 7.07. The number of amides is 1. The largest absolute Gasteiger partial charge is 0.504 e. The molecule has 200 valence electrons. The average molecular weight is 538 g/mol. The van der Waals surface area contributed by atoms with Gasteiger partial charge in [-0.15, -0.1) is 0 Å². The van der Waals surface area contributed by atoms with Gasteiger partial charge in [0.1, 0.15) is 17.5 Å². The summed E-state index contributed by atoms with van der Waals surface area (Å²) >= 11 is 1.18. The molecular weight excluding hydrogens is 506 g/mol. The molecule has 0 unspecified atom stereocenters. The number of para-hydroxylation sites is 1. The Morgan fingerprint density at radius 3 is 2.45 bits per heavy atom. The molecule has 0 saturated heterocycles. The molecule has 1 aliphatic heterocycles. The number of ether oxygens (including phenoxy) is 3. The Morgan fingerprint density at radius 1 is 1.11 bits per heavy atom. The summed E-state index contributed by atoms with van der Waals surface area (Å²) in [6, 6.07) is 9.56. The molecule has 1 atom stereocenters. The molecule has 0 aliphatic carbocycles. The smallest absolute Gasteiger partial charge is 0.271 e. The maximum atomic E-state index is 14.0. The lowest BCUT2D eigenvalue weighted by atomic mass is 9.93. The standard InChI is InChI=1S/C28H31N3O6S/c1-7-30(8-2)27(34)23-16(3)29-28-31(24(23)19-15-18(35-4)12-13-20(19)36-5)26(33)22(38-28)14-17-10-9-11-21(37-6)25(17)32/h9-15,24,32H,7-8H2,1-6H3/b22-14+/t24-/m1/s1. The minimum atomic E-state index is -0.801. The molecular formula is C28H31N3O6S. The number of aromatic nitrogens is 1. The molecule has 0 spiro atoms. The first-order chi connectivity index (χ1) is 18.3. The number of hydrogen-bond acceptors (Lipinski definition) is 8. The van der Waals surface area contributed by atoms with Crippen LogP contribution in [0.2, 0.25) is 0 Å². The molecule has 1 amide bonds. The van der Waals surface area contributed by atoms with Crippen molar-refractivity contribution >= 4 is 23.3 Å². The van der Waals surface area contributed by atoms with Gasteiger partial charge in [0.15, 0.2) is 16.3 Å². The van der Waals surface area contributed by atoms with E-state index < -0.39 is 6.04 Å². The zero-order valence-corrected chi connectivity index (χ0v) is 23.1. The number of hydrogen-bond donors (Lipinski definition) is 1. The molecule has 10 heteroatoms. The third kappa shape index (κ3) is 4.67. The Morgan fingerprint density at radius 2 is 1.82 bits per heavy atom. The van der Waals surface area contributed by atoms with E-state index in [1.807, 2.05) is 13.8 Å². The third-order valence-electron chi connectivity index (χ3n) is 6.57. The quantitative estimate of drug-likeness (QED) is 0.474. The number of benzene rings is 2. The van der Waals surface area contributed by atoms with Crippen LogP contribution in [0.3, 0.4) is 0 Å². The van der Waals surface area contributed by atoms with Crippen LogP contribution in [0.25, 0.3) is 6.08 Å². The summed E-state index contributed by atoms with van der Waals surface area (Å²) < 4.78 is 18.2. The van der Waals surface area contributed by atoms with Crippen LogP contribution in [0.4, 0.5) is 0 Å². The minimum absolute atomic E-state index is 0.0690. The molecule has 1 N–H and O–H groups in total. The molecule has 0 radical (unpaired) electrons. The summed E-state index contributed by atoms with van der Waals surface area (Å²) in [6.45, 7) is 6.62. The number of thiazole rings is 1. The molecule has 0 saturated carbocycles. The van der Waals surface area contributed by atoms with Gasteiger partial charge in [-0.1, -0.05) is 23.5 Å². The maximum Gasteiger partial charge on any atom is 0.271 e. The molecule has 38 heavy (non-hydrogen) atoms. The van der Waals surface area contributed by atoms with Crippen LogP contribution in [0.1, 0.15) is 37.9 Å². The zero-order chi connectivity index (χ0) is 27.6. The zero-order valence-electron chi connectivity index (χ0n) is 22.3. The lowest BCUT2D eigenvalue weighted by molar-refractivity contribution is -0.127. The second-order valence-corrected chi connectivity index (χ2v) is 9.57. The van der Waals surface area contributed by atoms with Crippen LogP contribution in [0.5, 0.6) is 23.0 Å². The number of nitrogens with zero attached hydrogens (tertiary/aromatic N) is 3. The third-order valence-corrected chi connectivity index (χ3v) is 7.55. The first-order valence-corrected chi connectivity index (χ1v) is 13.0. The molecule has 0 bridgehead atoms. The fraction of sp³-hybridized carbons (Fsp3) is 0.321. The Balaban J connectivity index is 2.04. The highest BCUT2D eigenvalue weighted by atomic mass is 32.1. The molecule has 4 rings (SSSR count). The van der Waals surface area contributed by atoms with Gasteiger partial charge in [0.2, 0.25) is 0 Å². The second kappa shape index (κ2) is 11.1. The number of aromatic hydroxyl groups is 1. The first-order valence-electron chi connectivity index (χ1n) is 12.2. The van der Waals surface area contributed by atoms with Crippen LogP contribution in [-0.4, -0.2) is 54.9 Å². The first kappa shape index (κ1) is 27.0. The predicted octanol–water partition coefficient (Wildman–Crippen LogP) is 2.84. The number of allylic oxidation sites excluding steroid dienone is 1. The van der Waals surface area contributed by atoms with E-state index in [2.05, 4.69) is 4.99 Å². The van der Waals surface area contributed by atoms with Crippen LogP contribution < -0.4 is 29.1 Å². The van der Waals surface area contributed by atoms with Crippen molar-refractivity contribution in [1.29, 1.82) is 0 Å². The predicted molar refractivity (Wildman–Crippen MR) is 146 cm³/mol. The van der Waals surface area contributed by atoms with E-state index in [0.29, 0.717) is 62.1 Å². The van der Waals surface area contributed by atoms with Crippen molar-refractivity contribution in [3.8, 4) is 23.0 Å². The van der Waals surface area contributed by atoms with Gasteiger partial charge in [-0.25, -0.2) is 4.99 Å². The van der Waals surface area contributed by atoms with E-state index in [1.165, 1.54) is 23.0 Å². The number of fused-ring (bicyclic) bond motifs is 1.